The molecule has 0 radical (unpaired) electrons. The van der Waals surface area contributed by atoms with Gasteiger partial charge in [-0.25, -0.2) is 8.78 Å². The minimum Gasteiger partial charge on any atom is -0.330 e. The van der Waals surface area contributed by atoms with Gasteiger partial charge >= 0.3 is 0 Å². The highest BCUT2D eigenvalue weighted by atomic mass is 35.5. The van der Waals surface area contributed by atoms with Crippen molar-refractivity contribution in [1.82, 2.24) is 0 Å². The molecule has 0 aliphatic rings. The lowest BCUT2D eigenvalue weighted by Crippen LogP contribution is -2.11. The van der Waals surface area contributed by atoms with Gasteiger partial charge in [0.2, 0.25) is 0 Å². The van der Waals surface area contributed by atoms with E-state index in [1.807, 2.05) is 0 Å². The van der Waals surface area contributed by atoms with E-state index in [9.17, 15) is 8.78 Å². The van der Waals surface area contributed by atoms with Crippen LogP contribution in [0.3, 0.4) is 0 Å². The second-order valence-corrected chi connectivity index (χ2v) is 3.53. The van der Waals surface area contributed by atoms with Crippen molar-refractivity contribution in [1.29, 1.82) is 0 Å². The Bertz CT molecular complexity index is 304. The van der Waals surface area contributed by atoms with Crippen LogP contribution in [0, 0.1) is 5.82 Å². The van der Waals surface area contributed by atoms with Crippen molar-refractivity contribution in [2.45, 2.75) is 19.0 Å². The van der Waals surface area contributed by atoms with Gasteiger partial charge in [-0.3, -0.25) is 0 Å². The van der Waals surface area contributed by atoms with Crippen molar-refractivity contribution in [3.63, 3.8) is 0 Å². The third kappa shape index (κ3) is 3.24. The molecule has 1 unspecified atom stereocenters. The summed E-state index contributed by atoms with van der Waals surface area (Å²) in [6.45, 7) is 0.303. The second-order valence-electron chi connectivity index (χ2n) is 3.13. The molecule has 2 N–H and O–H groups in total. The van der Waals surface area contributed by atoms with Gasteiger partial charge in [-0.05, 0) is 30.7 Å². The summed E-state index contributed by atoms with van der Waals surface area (Å²) in [6, 6.07) is 4.31. The fourth-order valence-corrected chi connectivity index (χ4v) is 1.32. The van der Waals surface area contributed by atoms with Gasteiger partial charge in [0.05, 0.1) is 5.02 Å². The third-order valence-electron chi connectivity index (χ3n) is 1.92. The monoisotopic (exact) mass is 219 g/mol. The number of hydrogen-bond acceptors (Lipinski definition) is 1. The van der Waals surface area contributed by atoms with Crippen LogP contribution in [-0.4, -0.2) is 12.7 Å². The first-order chi connectivity index (χ1) is 6.63. The van der Waals surface area contributed by atoms with Crippen LogP contribution < -0.4 is 5.73 Å². The third-order valence-corrected chi connectivity index (χ3v) is 2.23. The molecular weight excluding hydrogens is 208 g/mol. The number of benzene rings is 1. The van der Waals surface area contributed by atoms with E-state index >= 15 is 0 Å². The molecule has 0 fully saturated rings. The fourth-order valence-electron chi connectivity index (χ4n) is 1.21. The molecule has 0 aliphatic heterocycles. The van der Waals surface area contributed by atoms with Crippen molar-refractivity contribution in [2.24, 2.45) is 5.73 Å². The van der Waals surface area contributed by atoms with Crippen LogP contribution in [-0.2, 0) is 6.42 Å². The Morgan fingerprint density at radius 2 is 2.14 bits per heavy atom. The number of halogens is 3. The van der Waals surface area contributed by atoms with Crippen LogP contribution in [0.4, 0.5) is 8.78 Å². The maximum Gasteiger partial charge on any atom is 0.142 e. The highest BCUT2D eigenvalue weighted by Crippen LogP contribution is 2.17. The van der Waals surface area contributed by atoms with Crippen molar-refractivity contribution in [3.05, 3.63) is 34.6 Å². The maximum absolute atomic E-state index is 13.1. The molecular formula is C10H12ClF2N. The van der Waals surface area contributed by atoms with Gasteiger partial charge in [0.25, 0.3) is 0 Å². The molecule has 1 aromatic rings. The summed E-state index contributed by atoms with van der Waals surface area (Å²) in [5.41, 5.74) is 5.81. The van der Waals surface area contributed by atoms with Crippen LogP contribution >= 0.6 is 11.6 Å². The largest absolute Gasteiger partial charge is 0.330 e. The first kappa shape index (κ1) is 11.4. The van der Waals surface area contributed by atoms with Crippen molar-refractivity contribution >= 4 is 11.6 Å². The zero-order valence-corrected chi connectivity index (χ0v) is 8.40. The van der Waals surface area contributed by atoms with E-state index in [2.05, 4.69) is 0 Å². The van der Waals surface area contributed by atoms with E-state index in [1.54, 1.807) is 6.07 Å². The molecule has 0 bridgehead atoms. The van der Waals surface area contributed by atoms with Crippen molar-refractivity contribution < 1.29 is 8.78 Å². The number of hydrogen-bond donors (Lipinski definition) is 1. The Morgan fingerprint density at radius 3 is 2.71 bits per heavy atom. The SMILES string of the molecule is NCCC(F)Cc1ccc(Cl)c(F)c1. The molecule has 0 saturated heterocycles. The molecule has 78 valence electrons. The Labute approximate surface area is 86.9 Å². The van der Waals surface area contributed by atoms with Gasteiger partial charge in [0.1, 0.15) is 12.0 Å². The Hall–Kier alpha value is -0.670. The van der Waals surface area contributed by atoms with Crippen LogP contribution in [0.2, 0.25) is 5.02 Å². The Morgan fingerprint density at radius 1 is 1.43 bits per heavy atom. The average Bonchev–Trinajstić information content (AvgIpc) is 2.12. The molecule has 0 spiro atoms. The topological polar surface area (TPSA) is 26.0 Å². The van der Waals surface area contributed by atoms with Gasteiger partial charge in [-0.2, -0.15) is 0 Å². The molecule has 0 aromatic heterocycles. The smallest absolute Gasteiger partial charge is 0.142 e. The minimum atomic E-state index is -1.01. The molecule has 1 atom stereocenters. The summed E-state index contributed by atoms with van der Waals surface area (Å²) >= 11 is 5.49. The van der Waals surface area contributed by atoms with Gasteiger partial charge in [0, 0.05) is 6.42 Å². The van der Waals surface area contributed by atoms with Gasteiger partial charge in [-0.15, -0.1) is 0 Å². The van der Waals surface area contributed by atoms with Gasteiger partial charge < -0.3 is 5.73 Å². The van der Waals surface area contributed by atoms with Crippen molar-refractivity contribution in [2.75, 3.05) is 6.54 Å². The molecule has 0 amide bonds. The van der Waals surface area contributed by atoms with Crippen LogP contribution in [0.1, 0.15) is 12.0 Å². The first-order valence-electron chi connectivity index (χ1n) is 4.41. The standard InChI is InChI=1S/C10H12ClF2N/c11-9-2-1-7(6-10(9)13)5-8(12)3-4-14/h1-2,6,8H,3-5,14H2. The van der Waals surface area contributed by atoms with Gasteiger partial charge in [-0.1, -0.05) is 17.7 Å². The zero-order valence-electron chi connectivity index (χ0n) is 7.64. The van der Waals surface area contributed by atoms with E-state index in [0.29, 0.717) is 18.5 Å². The van der Waals surface area contributed by atoms with Crippen molar-refractivity contribution in [3.8, 4) is 0 Å². The molecule has 1 nitrogen and oxygen atoms in total. The normalized spacial score (nSPS) is 12.9. The quantitative estimate of drug-likeness (QED) is 0.828. The van der Waals surface area contributed by atoms with E-state index in [1.165, 1.54) is 12.1 Å². The second kappa shape index (κ2) is 5.27. The fraction of sp³-hybridized carbons (Fsp3) is 0.400. The minimum absolute atomic E-state index is 0.0583. The number of nitrogens with two attached hydrogens (primary N) is 1. The highest BCUT2D eigenvalue weighted by Gasteiger charge is 2.08. The lowest BCUT2D eigenvalue weighted by atomic mass is 10.1. The molecule has 0 heterocycles. The predicted molar refractivity (Wildman–Crippen MR) is 53.7 cm³/mol. The molecule has 0 saturated carbocycles. The lowest BCUT2D eigenvalue weighted by Gasteiger charge is -2.06. The maximum atomic E-state index is 13.1. The predicted octanol–water partition coefficient (Wildman–Crippen LogP) is 2.71. The van der Waals surface area contributed by atoms with Crippen LogP contribution in [0.15, 0.2) is 18.2 Å². The highest BCUT2D eigenvalue weighted by molar-refractivity contribution is 6.30. The summed E-state index contributed by atoms with van der Waals surface area (Å²) in [7, 11) is 0. The molecule has 4 heteroatoms. The first-order valence-corrected chi connectivity index (χ1v) is 4.79. The average molecular weight is 220 g/mol. The lowest BCUT2D eigenvalue weighted by molar-refractivity contribution is 0.316. The molecule has 1 aromatic carbocycles. The van der Waals surface area contributed by atoms with E-state index in [0.717, 1.165) is 0 Å². The summed E-state index contributed by atoms with van der Waals surface area (Å²) in [5.74, 6) is -0.510. The van der Waals surface area contributed by atoms with E-state index < -0.39 is 12.0 Å². The summed E-state index contributed by atoms with van der Waals surface area (Å²) in [4.78, 5) is 0. The number of rotatable bonds is 4. The summed E-state index contributed by atoms with van der Waals surface area (Å²) in [6.07, 6.45) is -0.532. The van der Waals surface area contributed by atoms with Crippen LogP contribution in [0.5, 0.6) is 0 Å². The van der Waals surface area contributed by atoms with Gasteiger partial charge in [0.15, 0.2) is 0 Å². The molecule has 14 heavy (non-hydrogen) atoms. The molecule has 1 rings (SSSR count). The van der Waals surface area contributed by atoms with E-state index in [-0.39, 0.29) is 11.4 Å². The summed E-state index contributed by atoms with van der Waals surface area (Å²) < 4.78 is 26.0. The Balaban J connectivity index is 2.63. The Kier molecular flexibility index (Phi) is 4.29. The molecule has 0 aliphatic carbocycles. The zero-order chi connectivity index (χ0) is 10.6. The van der Waals surface area contributed by atoms with Crippen LogP contribution in [0.25, 0.3) is 0 Å². The summed E-state index contributed by atoms with van der Waals surface area (Å²) in [5, 5.41) is 0.0583. The van der Waals surface area contributed by atoms with E-state index in [4.69, 9.17) is 17.3 Å². The number of alkyl halides is 1.